The van der Waals surface area contributed by atoms with Crippen LogP contribution in [0, 0.1) is 0 Å². The summed E-state index contributed by atoms with van der Waals surface area (Å²) in [5.74, 6) is -0.623. The monoisotopic (exact) mass is 320 g/mol. The summed E-state index contributed by atoms with van der Waals surface area (Å²) in [6.45, 7) is 1.63. The van der Waals surface area contributed by atoms with E-state index in [-0.39, 0.29) is 5.69 Å². The summed E-state index contributed by atoms with van der Waals surface area (Å²) in [4.78, 5) is 14.9. The van der Waals surface area contributed by atoms with Gasteiger partial charge in [0.15, 0.2) is 5.82 Å². The highest BCUT2D eigenvalue weighted by molar-refractivity contribution is 6.30. The summed E-state index contributed by atoms with van der Waals surface area (Å²) >= 11 is 5.98. The highest BCUT2D eigenvalue weighted by atomic mass is 35.5. The lowest BCUT2D eigenvalue weighted by molar-refractivity contribution is 0.0690. The van der Waals surface area contributed by atoms with Gasteiger partial charge in [-0.3, -0.25) is 0 Å². The van der Waals surface area contributed by atoms with Crippen LogP contribution in [0.2, 0.25) is 5.02 Å². The minimum absolute atomic E-state index is 0.0122. The highest BCUT2D eigenvalue weighted by Gasteiger charge is 2.24. The molecule has 2 heterocycles. The van der Waals surface area contributed by atoms with E-state index in [1.54, 1.807) is 24.3 Å². The fourth-order valence-corrected chi connectivity index (χ4v) is 2.83. The van der Waals surface area contributed by atoms with Crippen molar-refractivity contribution < 1.29 is 9.90 Å². The van der Waals surface area contributed by atoms with Gasteiger partial charge >= 0.3 is 5.97 Å². The molecule has 0 amide bonds. The van der Waals surface area contributed by atoms with Crippen molar-refractivity contribution in [3.8, 4) is 5.69 Å². The molecule has 116 valence electrons. The van der Waals surface area contributed by atoms with Crippen molar-refractivity contribution >= 4 is 23.4 Å². The van der Waals surface area contributed by atoms with Crippen LogP contribution < -0.4 is 4.90 Å². The first kappa shape index (κ1) is 14.8. The number of hydrogen-bond acceptors (Lipinski definition) is 4. The number of carbonyl (C=O) groups is 1. The Balaban J connectivity index is 2.00. The van der Waals surface area contributed by atoms with Gasteiger partial charge in [0.1, 0.15) is 0 Å². The van der Waals surface area contributed by atoms with E-state index >= 15 is 0 Å². The Hall–Kier alpha value is -2.08. The lowest BCUT2D eigenvalue weighted by Gasteiger charge is -2.19. The van der Waals surface area contributed by atoms with Crippen LogP contribution in [0.1, 0.15) is 36.2 Å². The Morgan fingerprint density at radius 3 is 2.50 bits per heavy atom. The number of aromatic nitrogens is 3. The van der Waals surface area contributed by atoms with Gasteiger partial charge in [-0.15, -0.1) is 15.0 Å². The van der Waals surface area contributed by atoms with E-state index in [9.17, 15) is 9.90 Å². The first-order valence-corrected chi connectivity index (χ1v) is 7.74. The lowest BCUT2D eigenvalue weighted by Crippen LogP contribution is -2.26. The van der Waals surface area contributed by atoms with Crippen LogP contribution in [0.4, 0.5) is 5.82 Å². The van der Waals surface area contributed by atoms with Gasteiger partial charge in [0.05, 0.1) is 5.69 Å². The molecule has 6 nitrogen and oxygen atoms in total. The minimum Gasteiger partial charge on any atom is -0.476 e. The molecular formula is C15H17ClN4O2. The van der Waals surface area contributed by atoms with Gasteiger partial charge in [0, 0.05) is 18.1 Å². The van der Waals surface area contributed by atoms with Crippen molar-refractivity contribution in [3.63, 3.8) is 0 Å². The maximum atomic E-state index is 11.5. The molecule has 2 aromatic rings. The van der Waals surface area contributed by atoms with Gasteiger partial charge in [-0.1, -0.05) is 30.5 Å². The third kappa shape index (κ3) is 3.06. The molecule has 1 saturated heterocycles. The maximum absolute atomic E-state index is 11.5. The zero-order chi connectivity index (χ0) is 15.5. The van der Waals surface area contributed by atoms with Crippen molar-refractivity contribution in [3.05, 3.63) is 35.0 Å². The summed E-state index contributed by atoms with van der Waals surface area (Å²) in [6, 6.07) is 7.04. The molecule has 0 atom stereocenters. The van der Waals surface area contributed by atoms with E-state index in [2.05, 4.69) is 10.2 Å². The van der Waals surface area contributed by atoms with Crippen LogP contribution in [0.3, 0.4) is 0 Å². The SMILES string of the molecule is O=C(O)c1nn(-c2cccc(Cl)c2)nc1N1CCCCCC1. The van der Waals surface area contributed by atoms with E-state index in [1.807, 2.05) is 4.90 Å². The predicted octanol–water partition coefficient (Wildman–Crippen LogP) is 3.00. The number of carboxylic acids is 1. The second-order valence-corrected chi connectivity index (χ2v) is 5.78. The van der Waals surface area contributed by atoms with Crippen LogP contribution >= 0.6 is 11.6 Å². The Labute approximate surface area is 133 Å². The number of anilines is 1. The average molecular weight is 321 g/mol. The summed E-state index contributed by atoms with van der Waals surface area (Å²) in [5.41, 5.74) is 0.637. The molecule has 1 aliphatic heterocycles. The fourth-order valence-electron chi connectivity index (χ4n) is 2.65. The third-order valence-electron chi connectivity index (χ3n) is 3.74. The number of rotatable bonds is 3. The number of halogens is 1. The van der Waals surface area contributed by atoms with E-state index in [0.29, 0.717) is 16.5 Å². The molecule has 1 aromatic heterocycles. The Morgan fingerprint density at radius 2 is 1.86 bits per heavy atom. The molecule has 0 bridgehead atoms. The van der Waals surface area contributed by atoms with Gasteiger partial charge < -0.3 is 10.0 Å². The molecule has 0 spiro atoms. The van der Waals surface area contributed by atoms with Crippen molar-refractivity contribution in [2.24, 2.45) is 0 Å². The average Bonchev–Trinajstić information content (AvgIpc) is 2.77. The Kier molecular flexibility index (Phi) is 4.29. The van der Waals surface area contributed by atoms with E-state index in [1.165, 1.54) is 17.6 Å². The number of carboxylic acid groups (broad SMARTS) is 1. The molecular weight excluding hydrogens is 304 g/mol. The maximum Gasteiger partial charge on any atom is 0.360 e. The quantitative estimate of drug-likeness (QED) is 0.941. The minimum atomic E-state index is -1.06. The fraction of sp³-hybridized carbons (Fsp3) is 0.400. The standard InChI is InChI=1S/C15H17ClN4O2/c16-11-6-5-7-12(10-11)20-17-13(15(21)22)14(18-20)19-8-3-1-2-4-9-19/h5-7,10H,1-4,8-9H2,(H,21,22). The van der Waals surface area contributed by atoms with Crippen molar-refractivity contribution in [2.75, 3.05) is 18.0 Å². The second kappa shape index (κ2) is 6.36. The third-order valence-corrected chi connectivity index (χ3v) is 3.98. The van der Waals surface area contributed by atoms with Crippen molar-refractivity contribution in [1.82, 2.24) is 15.0 Å². The van der Waals surface area contributed by atoms with Gasteiger partial charge in [0.2, 0.25) is 5.69 Å². The van der Waals surface area contributed by atoms with Crippen LogP contribution in [0.15, 0.2) is 24.3 Å². The summed E-state index contributed by atoms with van der Waals surface area (Å²) in [6.07, 6.45) is 4.43. The molecule has 1 fully saturated rings. The molecule has 1 aliphatic rings. The number of aromatic carboxylic acids is 1. The first-order valence-electron chi connectivity index (χ1n) is 7.36. The number of hydrogen-bond donors (Lipinski definition) is 1. The van der Waals surface area contributed by atoms with Crippen LogP contribution in [0.25, 0.3) is 5.69 Å². The largest absolute Gasteiger partial charge is 0.476 e. The topological polar surface area (TPSA) is 71.2 Å². The summed E-state index contributed by atoms with van der Waals surface area (Å²) < 4.78 is 0. The number of nitrogens with zero attached hydrogens (tertiary/aromatic N) is 4. The molecule has 22 heavy (non-hydrogen) atoms. The predicted molar refractivity (Wildman–Crippen MR) is 84.0 cm³/mol. The molecule has 7 heteroatoms. The number of benzene rings is 1. The van der Waals surface area contributed by atoms with E-state index in [4.69, 9.17) is 11.6 Å². The van der Waals surface area contributed by atoms with Crippen LogP contribution in [-0.2, 0) is 0 Å². The van der Waals surface area contributed by atoms with Crippen LogP contribution in [-0.4, -0.2) is 39.2 Å². The van der Waals surface area contributed by atoms with Crippen LogP contribution in [0.5, 0.6) is 0 Å². The Morgan fingerprint density at radius 1 is 1.14 bits per heavy atom. The van der Waals surface area contributed by atoms with Gasteiger partial charge in [-0.05, 0) is 31.0 Å². The smallest absolute Gasteiger partial charge is 0.360 e. The highest BCUT2D eigenvalue weighted by Crippen LogP contribution is 2.22. The second-order valence-electron chi connectivity index (χ2n) is 5.35. The molecule has 0 aliphatic carbocycles. The summed E-state index contributed by atoms with van der Waals surface area (Å²) in [7, 11) is 0. The molecule has 0 unspecified atom stereocenters. The summed E-state index contributed by atoms with van der Waals surface area (Å²) in [5, 5.41) is 18.5. The molecule has 3 rings (SSSR count). The zero-order valence-electron chi connectivity index (χ0n) is 12.1. The van der Waals surface area contributed by atoms with Gasteiger partial charge in [0.25, 0.3) is 0 Å². The van der Waals surface area contributed by atoms with Crippen molar-refractivity contribution in [1.29, 1.82) is 0 Å². The van der Waals surface area contributed by atoms with Gasteiger partial charge in [-0.25, -0.2) is 4.79 Å². The Bertz CT molecular complexity index is 678. The lowest BCUT2D eigenvalue weighted by atomic mass is 10.2. The molecule has 0 radical (unpaired) electrons. The normalized spacial score (nSPS) is 15.6. The zero-order valence-corrected chi connectivity index (χ0v) is 12.8. The molecule has 1 N–H and O–H groups in total. The molecule has 1 aromatic carbocycles. The van der Waals surface area contributed by atoms with E-state index < -0.39 is 5.97 Å². The molecule has 0 saturated carbocycles. The van der Waals surface area contributed by atoms with Crippen molar-refractivity contribution in [2.45, 2.75) is 25.7 Å². The van der Waals surface area contributed by atoms with Gasteiger partial charge in [-0.2, -0.15) is 0 Å². The first-order chi connectivity index (χ1) is 10.6. The van der Waals surface area contributed by atoms with E-state index in [0.717, 1.165) is 25.9 Å².